The van der Waals surface area contributed by atoms with E-state index in [0.717, 1.165) is 43.7 Å². The van der Waals surface area contributed by atoms with E-state index in [2.05, 4.69) is 52.5 Å². The zero-order valence-electron chi connectivity index (χ0n) is 26.0. The number of amides is 1. The summed E-state index contributed by atoms with van der Waals surface area (Å²) < 4.78 is 12.0. The maximum absolute atomic E-state index is 13.0. The van der Waals surface area contributed by atoms with Crippen molar-refractivity contribution < 1.29 is 24.2 Å². The topological polar surface area (TPSA) is 94.6 Å². The Labute approximate surface area is 251 Å². The van der Waals surface area contributed by atoms with Crippen molar-refractivity contribution in [3.05, 3.63) is 47.6 Å². The van der Waals surface area contributed by atoms with Gasteiger partial charge in [-0.3, -0.25) is 4.79 Å². The maximum atomic E-state index is 13.0. The Balaban J connectivity index is 1.53. The minimum absolute atomic E-state index is 0.0131. The molecule has 4 rings (SSSR count). The molecule has 1 aromatic rings. The van der Waals surface area contributed by atoms with Gasteiger partial charge < -0.3 is 34.6 Å². The number of nitrogens with one attached hydrogen (secondary N) is 1. The molecule has 232 valence electrons. The fourth-order valence-corrected chi connectivity index (χ4v) is 6.02. The number of piperazine rings is 1. The second-order valence-electron chi connectivity index (χ2n) is 12.4. The molecule has 3 aliphatic rings. The van der Waals surface area contributed by atoms with Crippen LogP contribution >= 0.6 is 0 Å². The largest absolute Gasteiger partial charge is 0.457 e. The second kappa shape index (κ2) is 15.0. The molecule has 0 radical (unpaired) electrons. The fourth-order valence-electron chi connectivity index (χ4n) is 6.02. The van der Waals surface area contributed by atoms with Crippen LogP contribution in [0.5, 0.6) is 0 Å². The molecule has 9 heteroatoms. The van der Waals surface area contributed by atoms with E-state index in [4.69, 9.17) is 9.47 Å². The average Bonchev–Trinajstić information content (AvgIpc) is 3.46. The molecule has 0 unspecified atom stereocenters. The Hall–Kier alpha value is -2.88. The van der Waals surface area contributed by atoms with Crippen LogP contribution in [0.4, 0.5) is 10.5 Å². The van der Waals surface area contributed by atoms with E-state index >= 15 is 0 Å². The summed E-state index contributed by atoms with van der Waals surface area (Å²) in [6.45, 7) is 11.0. The third-order valence-electron chi connectivity index (χ3n) is 8.93. The molecule has 0 saturated carbocycles. The van der Waals surface area contributed by atoms with Crippen molar-refractivity contribution in [2.24, 2.45) is 11.8 Å². The number of aliphatic hydroxyl groups excluding tert-OH is 1. The van der Waals surface area contributed by atoms with Crippen LogP contribution < -0.4 is 10.2 Å². The molecule has 6 atom stereocenters. The standard InChI is InChI=1S/C33H50N4O5/c1-23-9-11-29(38)21-31(39)42-32(24(2)10-12-30(23)41-33(40)36-17-15-35(5)16-18-36)25(3)19-26-7-6-8-28(20-26)37-14-13-27(22-37)34-4/h6-8,10,12,19-20,23-24,27,29-30,32,34,38H,9,11,13-18,21-22H2,1-5H3/b12-10+,25-19+/t23-,24+,27+,29+,30-,32+/m1/s1. The van der Waals surface area contributed by atoms with Gasteiger partial charge in [0.25, 0.3) is 0 Å². The van der Waals surface area contributed by atoms with Crippen molar-refractivity contribution in [3.8, 4) is 0 Å². The number of rotatable bonds is 5. The highest BCUT2D eigenvalue weighted by Crippen LogP contribution is 2.27. The summed E-state index contributed by atoms with van der Waals surface area (Å²) in [6, 6.07) is 8.94. The van der Waals surface area contributed by atoms with Crippen molar-refractivity contribution in [2.75, 3.05) is 58.3 Å². The van der Waals surface area contributed by atoms with Gasteiger partial charge in [-0.1, -0.05) is 38.1 Å². The summed E-state index contributed by atoms with van der Waals surface area (Å²) in [4.78, 5) is 32.3. The lowest BCUT2D eigenvalue weighted by Gasteiger charge is -2.33. The summed E-state index contributed by atoms with van der Waals surface area (Å²) in [6.07, 6.45) is 6.06. The quantitative estimate of drug-likeness (QED) is 0.399. The maximum Gasteiger partial charge on any atom is 0.410 e. The van der Waals surface area contributed by atoms with Crippen LogP contribution in [0.1, 0.15) is 52.0 Å². The summed E-state index contributed by atoms with van der Waals surface area (Å²) >= 11 is 0. The molecule has 42 heavy (non-hydrogen) atoms. The number of benzene rings is 1. The van der Waals surface area contributed by atoms with Crippen LogP contribution in [-0.4, -0.2) is 105 Å². The van der Waals surface area contributed by atoms with Gasteiger partial charge in [0.1, 0.15) is 12.2 Å². The number of ether oxygens (including phenoxy) is 2. The first-order chi connectivity index (χ1) is 20.1. The smallest absolute Gasteiger partial charge is 0.410 e. The Kier molecular flexibility index (Phi) is 11.5. The first kappa shape index (κ1) is 32.0. The van der Waals surface area contributed by atoms with E-state index in [1.807, 2.05) is 40.0 Å². The number of aliphatic hydroxyl groups is 1. The van der Waals surface area contributed by atoms with Gasteiger partial charge in [0.2, 0.25) is 0 Å². The second-order valence-corrected chi connectivity index (χ2v) is 12.4. The molecular weight excluding hydrogens is 532 g/mol. The van der Waals surface area contributed by atoms with Crippen molar-refractivity contribution >= 4 is 23.8 Å². The van der Waals surface area contributed by atoms with Crippen LogP contribution in [-0.2, 0) is 14.3 Å². The molecule has 1 amide bonds. The highest BCUT2D eigenvalue weighted by molar-refractivity contribution is 5.71. The van der Waals surface area contributed by atoms with Gasteiger partial charge in [0.15, 0.2) is 0 Å². The molecule has 2 fully saturated rings. The summed E-state index contributed by atoms with van der Waals surface area (Å²) in [7, 11) is 4.06. The van der Waals surface area contributed by atoms with Gasteiger partial charge in [-0.25, -0.2) is 4.79 Å². The number of cyclic esters (lactones) is 1. The Morgan fingerprint density at radius 3 is 2.57 bits per heavy atom. The number of carbonyl (C=O) groups excluding carboxylic acids is 2. The van der Waals surface area contributed by atoms with Gasteiger partial charge in [-0.2, -0.15) is 0 Å². The molecular formula is C33H50N4O5. The molecule has 9 nitrogen and oxygen atoms in total. The van der Waals surface area contributed by atoms with Gasteiger partial charge in [-0.05, 0) is 75.5 Å². The Morgan fingerprint density at radius 1 is 1.10 bits per heavy atom. The third-order valence-corrected chi connectivity index (χ3v) is 8.93. The average molecular weight is 583 g/mol. The summed E-state index contributed by atoms with van der Waals surface area (Å²) in [5.41, 5.74) is 3.14. The van der Waals surface area contributed by atoms with E-state index < -0.39 is 24.3 Å². The zero-order chi connectivity index (χ0) is 30.2. The number of esters is 1. The van der Waals surface area contributed by atoms with E-state index in [9.17, 15) is 14.7 Å². The Bertz CT molecular complexity index is 1120. The first-order valence-corrected chi connectivity index (χ1v) is 15.5. The Morgan fingerprint density at radius 2 is 1.86 bits per heavy atom. The van der Waals surface area contributed by atoms with E-state index in [1.54, 1.807) is 4.90 Å². The first-order valence-electron chi connectivity index (χ1n) is 15.5. The molecule has 3 aliphatic heterocycles. The lowest BCUT2D eigenvalue weighted by molar-refractivity contribution is -0.151. The third kappa shape index (κ3) is 8.82. The van der Waals surface area contributed by atoms with E-state index in [-0.39, 0.29) is 24.3 Å². The SMILES string of the molecule is CN[C@H]1CCN(c2cccc(/C=C(\C)[C@H]3OC(=O)C[C@@H](O)CC[C@@H](C)[C@H](OC(=O)N4CCN(C)CC4)/C=C/[C@@H]3C)c2)C1. The summed E-state index contributed by atoms with van der Waals surface area (Å²) in [5.74, 6) is -0.589. The molecule has 3 heterocycles. The minimum atomic E-state index is -0.809. The van der Waals surface area contributed by atoms with Gasteiger partial charge in [0, 0.05) is 56.9 Å². The van der Waals surface area contributed by atoms with E-state index in [1.165, 1.54) is 5.69 Å². The van der Waals surface area contributed by atoms with E-state index in [0.29, 0.717) is 32.0 Å². The fraction of sp³-hybridized carbons (Fsp3) is 0.636. The molecule has 0 aliphatic carbocycles. The van der Waals surface area contributed by atoms with Crippen LogP contribution in [0, 0.1) is 11.8 Å². The summed E-state index contributed by atoms with van der Waals surface area (Å²) in [5, 5.41) is 14.0. The zero-order valence-corrected chi connectivity index (χ0v) is 26.0. The van der Waals surface area contributed by atoms with Crippen molar-refractivity contribution in [3.63, 3.8) is 0 Å². The highest BCUT2D eigenvalue weighted by Gasteiger charge is 2.29. The number of nitrogens with zero attached hydrogens (tertiary/aromatic N) is 3. The van der Waals surface area contributed by atoms with Crippen molar-refractivity contribution in [1.29, 1.82) is 0 Å². The molecule has 0 spiro atoms. The van der Waals surface area contributed by atoms with Gasteiger partial charge in [0.05, 0.1) is 12.5 Å². The molecule has 2 N–H and O–H groups in total. The normalized spacial score (nSPS) is 31.2. The number of carbonyl (C=O) groups is 2. The lowest BCUT2D eigenvalue weighted by Crippen LogP contribution is -2.48. The van der Waals surface area contributed by atoms with Crippen LogP contribution in [0.2, 0.25) is 0 Å². The molecule has 1 aromatic carbocycles. The molecule has 0 bridgehead atoms. The van der Waals surface area contributed by atoms with Gasteiger partial charge >= 0.3 is 12.1 Å². The lowest BCUT2D eigenvalue weighted by atomic mass is 9.91. The number of anilines is 1. The molecule has 0 aromatic heterocycles. The number of likely N-dealkylation sites (N-methyl/N-ethyl adjacent to an activating group) is 2. The predicted molar refractivity (Wildman–Crippen MR) is 166 cm³/mol. The van der Waals surface area contributed by atoms with Gasteiger partial charge in [-0.15, -0.1) is 0 Å². The predicted octanol–water partition coefficient (Wildman–Crippen LogP) is 3.93. The molecule has 2 saturated heterocycles. The highest BCUT2D eigenvalue weighted by atomic mass is 16.6. The van der Waals surface area contributed by atoms with Crippen molar-refractivity contribution in [2.45, 2.75) is 70.8 Å². The number of hydrogen-bond donors (Lipinski definition) is 2. The van der Waals surface area contributed by atoms with Crippen LogP contribution in [0.15, 0.2) is 42.0 Å². The van der Waals surface area contributed by atoms with Crippen LogP contribution in [0.3, 0.4) is 0 Å². The number of hydrogen-bond acceptors (Lipinski definition) is 8. The van der Waals surface area contributed by atoms with Crippen molar-refractivity contribution in [1.82, 2.24) is 15.1 Å². The monoisotopic (exact) mass is 582 g/mol. The minimum Gasteiger partial charge on any atom is -0.457 e. The van der Waals surface area contributed by atoms with Crippen LogP contribution in [0.25, 0.3) is 6.08 Å².